The molecule has 0 bridgehead atoms. The maximum atomic E-state index is 11.3. The second-order valence-electron chi connectivity index (χ2n) is 2.64. The van der Waals surface area contributed by atoms with Crippen molar-refractivity contribution in [1.82, 2.24) is 9.78 Å². The van der Waals surface area contributed by atoms with Gasteiger partial charge in [-0.05, 0) is 13.8 Å². The van der Waals surface area contributed by atoms with Gasteiger partial charge >= 0.3 is 0 Å². The molecule has 0 spiro atoms. The molecule has 0 saturated carbocycles. The minimum Gasteiger partial charge on any atom is -0.310 e. The fourth-order valence-electron chi connectivity index (χ4n) is 0.917. The van der Waals surface area contributed by atoms with E-state index in [2.05, 4.69) is 26.3 Å². The van der Waals surface area contributed by atoms with Crippen LogP contribution in [0, 0.1) is 0 Å². The van der Waals surface area contributed by atoms with Crippen LogP contribution in [0.5, 0.6) is 0 Å². The molecule has 1 rings (SSSR count). The molecule has 0 aromatic carbocycles. The Bertz CT molecular complexity index is 295. The number of nitrogens with zero attached hydrogens (tertiary/aromatic N) is 2. The zero-order valence-corrected chi connectivity index (χ0v) is 9.21. The van der Waals surface area contributed by atoms with Crippen LogP contribution in [0.1, 0.15) is 13.8 Å². The molecule has 0 unspecified atom stereocenters. The number of halogens is 1. The third kappa shape index (κ3) is 2.55. The number of hydrogen-bond donors (Lipinski definition) is 1. The van der Waals surface area contributed by atoms with Crippen molar-refractivity contribution in [2.45, 2.75) is 25.2 Å². The number of carbonyl (C=O) groups excluding carboxylic acids is 1. The van der Waals surface area contributed by atoms with Crippen molar-refractivity contribution in [1.29, 1.82) is 0 Å². The highest BCUT2D eigenvalue weighted by molar-refractivity contribution is 9.10. The van der Waals surface area contributed by atoms with Gasteiger partial charge in [0.2, 0.25) is 5.91 Å². The van der Waals surface area contributed by atoms with E-state index >= 15 is 0 Å². The van der Waals surface area contributed by atoms with Gasteiger partial charge in [0.05, 0.1) is 11.0 Å². The van der Waals surface area contributed by atoms with Crippen LogP contribution in [-0.4, -0.2) is 20.5 Å². The summed E-state index contributed by atoms with van der Waals surface area (Å²) in [6, 6.07) is 1.77. The van der Waals surface area contributed by atoms with Crippen LogP contribution in [0.25, 0.3) is 0 Å². The predicted molar refractivity (Wildman–Crippen MR) is 54.9 cm³/mol. The van der Waals surface area contributed by atoms with Gasteiger partial charge < -0.3 is 5.32 Å². The largest absolute Gasteiger partial charge is 0.310 e. The first-order valence-electron chi connectivity index (χ1n) is 4.12. The first kappa shape index (κ1) is 10.2. The summed E-state index contributed by atoms with van der Waals surface area (Å²) in [4.78, 5) is 11.1. The number of alkyl halides is 1. The van der Waals surface area contributed by atoms with Crippen LogP contribution in [-0.2, 0) is 11.3 Å². The second-order valence-corrected chi connectivity index (χ2v) is 4.01. The highest BCUT2D eigenvalue weighted by Crippen LogP contribution is 2.08. The molecular formula is C8H12BrN3O. The number of anilines is 1. The van der Waals surface area contributed by atoms with Crippen LogP contribution in [0.3, 0.4) is 0 Å². The molecule has 13 heavy (non-hydrogen) atoms. The molecule has 0 saturated heterocycles. The maximum Gasteiger partial charge on any atom is 0.239 e. The Balaban J connectivity index is 2.68. The van der Waals surface area contributed by atoms with Crippen LogP contribution in [0.15, 0.2) is 12.3 Å². The Labute approximate surface area is 85.4 Å². The normalized spacial score (nSPS) is 12.5. The minimum absolute atomic E-state index is 0.0600. The Morgan fingerprint density at radius 3 is 3.08 bits per heavy atom. The predicted octanol–water partition coefficient (Wildman–Crippen LogP) is 1.62. The van der Waals surface area contributed by atoms with Crippen molar-refractivity contribution in [2.24, 2.45) is 0 Å². The quantitative estimate of drug-likeness (QED) is 0.824. The molecule has 4 nitrogen and oxygen atoms in total. The first-order valence-corrected chi connectivity index (χ1v) is 5.03. The van der Waals surface area contributed by atoms with Gasteiger partial charge in [-0.2, -0.15) is 5.10 Å². The molecule has 1 heterocycles. The summed E-state index contributed by atoms with van der Waals surface area (Å²) in [5.74, 6) is 0.675. The summed E-state index contributed by atoms with van der Waals surface area (Å²) in [6.07, 6.45) is 1.66. The Hall–Kier alpha value is -0.840. The molecule has 0 aliphatic carbocycles. The van der Waals surface area contributed by atoms with Crippen LogP contribution >= 0.6 is 15.9 Å². The number of aromatic nitrogens is 2. The lowest BCUT2D eigenvalue weighted by Gasteiger charge is -2.07. The van der Waals surface area contributed by atoms with E-state index in [-0.39, 0.29) is 10.7 Å². The highest BCUT2D eigenvalue weighted by atomic mass is 79.9. The van der Waals surface area contributed by atoms with Gasteiger partial charge in [0, 0.05) is 12.6 Å². The highest BCUT2D eigenvalue weighted by Gasteiger charge is 2.10. The molecule has 0 aliphatic rings. The Morgan fingerprint density at radius 2 is 2.54 bits per heavy atom. The monoisotopic (exact) mass is 245 g/mol. The van der Waals surface area contributed by atoms with Gasteiger partial charge in [-0.3, -0.25) is 4.79 Å². The summed E-state index contributed by atoms with van der Waals surface area (Å²) < 4.78 is 1.73. The molecule has 0 radical (unpaired) electrons. The fraction of sp³-hybridized carbons (Fsp3) is 0.500. The summed E-state index contributed by atoms with van der Waals surface area (Å²) in [6.45, 7) is 4.50. The summed E-state index contributed by atoms with van der Waals surface area (Å²) in [7, 11) is 0. The molecule has 1 amide bonds. The Morgan fingerprint density at radius 1 is 1.85 bits per heavy atom. The lowest BCUT2D eigenvalue weighted by atomic mass is 10.4. The number of rotatable bonds is 3. The van der Waals surface area contributed by atoms with Gasteiger partial charge in [0.15, 0.2) is 0 Å². The summed E-state index contributed by atoms with van der Waals surface area (Å²) >= 11 is 3.19. The fourth-order valence-corrected chi connectivity index (χ4v) is 1.03. The van der Waals surface area contributed by atoms with Crippen molar-refractivity contribution >= 4 is 27.7 Å². The molecule has 1 N–H and O–H groups in total. The van der Waals surface area contributed by atoms with Crippen molar-refractivity contribution in [2.75, 3.05) is 5.32 Å². The number of amides is 1. The van der Waals surface area contributed by atoms with Crippen LogP contribution < -0.4 is 5.32 Å². The third-order valence-electron chi connectivity index (χ3n) is 1.63. The molecule has 1 atom stereocenters. The number of carbonyl (C=O) groups is 1. The van der Waals surface area contributed by atoms with Gasteiger partial charge in [-0.15, -0.1) is 0 Å². The molecule has 72 valence electrons. The van der Waals surface area contributed by atoms with Crippen LogP contribution in [0.4, 0.5) is 5.82 Å². The SMILES string of the molecule is CCn1nccc1NC(=O)[C@H](C)Br. The number of hydrogen-bond acceptors (Lipinski definition) is 2. The molecule has 0 fully saturated rings. The van der Waals surface area contributed by atoms with E-state index in [1.165, 1.54) is 0 Å². The van der Waals surface area contributed by atoms with E-state index in [9.17, 15) is 4.79 Å². The standard InChI is InChI=1S/C8H12BrN3O/c1-3-12-7(4-5-10-12)11-8(13)6(2)9/h4-6H,3H2,1-2H3,(H,11,13)/t6-/m0/s1. The minimum atomic E-state index is -0.187. The van der Waals surface area contributed by atoms with Crippen molar-refractivity contribution in [3.63, 3.8) is 0 Å². The van der Waals surface area contributed by atoms with Crippen molar-refractivity contribution in [3.8, 4) is 0 Å². The molecule has 0 aliphatic heterocycles. The Kier molecular flexibility index (Phi) is 3.48. The summed E-state index contributed by atoms with van der Waals surface area (Å²) in [5, 5.41) is 6.79. The second kappa shape index (κ2) is 4.41. The van der Waals surface area contributed by atoms with Crippen LogP contribution in [0.2, 0.25) is 0 Å². The van der Waals surface area contributed by atoms with Gasteiger partial charge in [0.1, 0.15) is 5.82 Å². The lowest BCUT2D eigenvalue weighted by Crippen LogP contribution is -2.21. The van der Waals surface area contributed by atoms with Crippen molar-refractivity contribution in [3.05, 3.63) is 12.3 Å². The first-order chi connectivity index (χ1) is 6.15. The average molecular weight is 246 g/mol. The topological polar surface area (TPSA) is 46.9 Å². The smallest absolute Gasteiger partial charge is 0.239 e. The molecule has 1 aromatic rings. The van der Waals surface area contributed by atoms with E-state index in [0.29, 0.717) is 0 Å². The third-order valence-corrected chi connectivity index (χ3v) is 2.04. The van der Waals surface area contributed by atoms with E-state index in [0.717, 1.165) is 12.4 Å². The van der Waals surface area contributed by atoms with E-state index in [1.54, 1.807) is 23.9 Å². The van der Waals surface area contributed by atoms with E-state index in [1.807, 2.05) is 6.92 Å². The van der Waals surface area contributed by atoms with E-state index < -0.39 is 0 Å². The van der Waals surface area contributed by atoms with Crippen molar-refractivity contribution < 1.29 is 4.79 Å². The number of aryl methyl sites for hydroxylation is 1. The van der Waals surface area contributed by atoms with Gasteiger partial charge in [-0.25, -0.2) is 4.68 Å². The zero-order valence-electron chi connectivity index (χ0n) is 7.62. The molecule has 5 heteroatoms. The van der Waals surface area contributed by atoms with Gasteiger partial charge in [0.25, 0.3) is 0 Å². The molecular weight excluding hydrogens is 234 g/mol. The lowest BCUT2D eigenvalue weighted by molar-refractivity contribution is -0.115. The summed E-state index contributed by atoms with van der Waals surface area (Å²) in [5.41, 5.74) is 0. The number of nitrogens with one attached hydrogen (secondary N) is 1. The maximum absolute atomic E-state index is 11.3. The average Bonchev–Trinajstić information content (AvgIpc) is 2.51. The molecule has 1 aromatic heterocycles. The van der Waals surface area contributed by atoms with E-state index in [4.69, 9.17) is 0 Å². The zero-order chi connectivity index (χ0) is 9.84. The van der Waals surface area contributed by atoms with Gasteiger partial charge in [-0.1, -0.05) is 15.9 Å².